The van der Waals surface area contributed by atoms with Crippen LogP contribution in [0.3, 0.4) is 0 Å². The average molecular weight is 264 g/mol. The number of thiophene rings is 1. The maximum atomic E-state index is 11.9. The van der Waals surface area contributed by atoms with Crippen molar-refractivity contribution in [2.24, 2.45) is 0 Å². The van der Waals surface area contributed by atoms with Gasteiger partial charge in [0, 0.05) is 19.1 Å². The van der Waals surface area contributed by atoms with E-state index in [0.717, 1.165) is 25.0 Å². The van der Waals surface area contributed by atoms with E-state index < -0.39 is 0 Å². The minimum atomic E-state index is -0.161. The first kappa shape index (κ1) is 11.6. The van der Waals surface area contributed by atoms with Crippen molar-refractivity contribution in [2.45, 2.75) is 18.8 Å². The summed E-state index contributed by atoms with van der Waals surface area (Å²) in [6, 6.07) is 1.59. The van der Waals surface area contributed by atoms with E-state index in [-0.39, 0.29) is 11.5 Å². The summed E-state index contributed by atoms with van der Waals surface area (Å²) in [5, 5.41) is 0.498. The highest BCUT2D eigenvalue weighted by Crippen LogP contribution is 2.26. The molecule has 0 amide bonds. The Morgan fingerprint density at radius 2 is 2.22 bits per heavy atom. The second-order valence-corrected chi connectivity index (χ2v) is 5.39. The molecule has 5 nitrogen and oxygen atoms in total. The van der Waals surface area contributed by atoms with Crippen molar-refractivity contribution >= 4 is 27.8 Å². The molecule has 3 rings (SSSR count). The number of fused-ring (bicyclic) bond motifs is 1. The molecule has 6 heteroatoms. The third-order valence-electron chi connectivity index (χ3n) is 3.16. The Hall–Kier alpha value is -1.53. The van der Waals surface area contributed by atoms with Crippen molar-refractivity contribution < 1.29 is 9.53 Å². The van der Waals surface area contributed by atoms with Gasteiger partial charge in [-0.15, -0.1) is 11.3 Å². The summed E-state index contributed by atoms with van der Waals surface area (Å²) in [5.41, 5.74) is -0.161. The quantitative estimate of drug-likeness (QED) is 0.838. The fourth-order valence-corrected chi connectivity index (χ4v) is 3.04. The Kier molecular flexibility index (Phi) is 2.97. The number of aldehydes is 1. The van der Waals surface area contributed by atoms with Crippen LogP contribution in [0.4, 0.5) is 0 Å². The van der Waals surface area contributed by atoms with Gasteiger partial charge < -0.3 is 9.72 Å². The summed E-state index contributed by atoms with van der Waals surface area (Å²) in [5.74, 6) is 0.965. The highest BCUT2D eigenvalue weighted by molar-refractivity contribution is 7.20. The molecule has 0 bridgehead atoms. The molecule has 1 fully saturated rings. The zero-order valence-corrected chi connectivity index (χ0v) is 10.5. The lowest BCUT2D eigenvalue weighted by Gasteiger charge is -2.20. The van der Waals surface area contributed by atoms with Crippen molar-refractivity contribution in [3.05, 3.63) is 27.1 Å². The Labute approximate surface area is 107 Å². The largest absolute Gasteiger partial charge is 0.381 e. The van der Waals surface area contributed by atoms with E-state index in [1.807, 2.05) is 0 Å². The minimum absolute atomic E-state index is 0.161. The molecule has 1 saturated heterocycles. The van der Waals surface area contributed by atoms with Crippen molar-refractivity contribution in [3.8, 4) is 0 Å². The molecular weight excluding hydrogens is 252 g/mol. The third kappa shape index (κ3) is 1.97. The first-order chi connectivity index (χ1) is 8.78. The van der Waals surface area contributed by atoms with Crippen LogP contribution in [0.2, 0.25) is 0 Å². The number of nitrogens with zero attached hydrogens (tertiary/aromatic N) is 1. The summed E-state index contributed by atoms with van der Waals surface area (Å²) >= 11 is 1.26. The number of aromatic amines is 1. The third-order valence-corrected chi connectivity index (χ3v) is 4.12. The zero-order valence-electron chi connectivity index (χ0n) is 9.64. The molecule has 1 N–H and O–H groups in total. The maximum absolute atomic E-state index is 11.9. The Morgan fingerprint density at radius 1 is 1.44 bits per heavy atom. The van der Waals surface area contributed by atoms with Crippen molar-refractivity contribution in [1.29, 1.82) is 0 Å². The van der Waals surface area contributed by atoms with Crippen molar-refractivity contribution in [1.82, 2.24) is 9.97 Å². The molecule has 0 radical (unpaired) electrons. The van der Waals surface area contributed by atoms with Gasteiger partial charge in [-0.05, 0) is 18.9 Å². The van der Waals surface area contributed by atoms with Crippen LogP contribution in [0.25, 0.3) is 10.2 Å². The van der Waals surface area contributed by atoms with Gasteiger partial charge >= 0.3 is 0 Å². The fourth-order valence-electron chi connectivity index (χ4n) is 2.19. The number of carbonyl (C=O) groups is 1. The van der Waals surface area contributed by atoms with Crippen molar-refractivity contribution in [3.63, 3.8) is 0 Å². The summed E-state index contributed by atoms with van der Waals surface area (Å²) in [4.78, 5) is 31.1. The van der Waals surface area contributed by atoms with Gasteiger partial charge in [0.05, 0.1) is 10.3 Å². The molecule has 0 unspecified atom stereocenters. The molecule has 2 aromatic heterocycles. The van der Waals surface area contributed by atoms with Gasteiger partial charge in [0.1, 0.15) is 10.7 Å². The van der Waals surface area contributed by atoms with Crippen LogP contribution in [-0.4, -0.2) is 29.5 Å². The van der Waals surface area contributed by atoms with Gasteiger partial charge in [-0.2, -0.15) is 0 Å². The molecule has 0 aromatic carbocycles. The highest BCUT2D eigenvalue weighted by Gasteiger charge is 2.19. The van der Waals surface area contributed by atoms with Crippen LogP contribution >= 0.6 is 11.3 Å². The predicted octanol–water partition coefficient (Wildman–Crippen LogP) is 1.69. The monoisotopic (exact) mass is 264 g/mol. The van der Waals surface area contributed by atoms with E-state index in [1.54, 1.807) is 6.07 Å². The second kappa shape index (κ2) is 4.62. The van der Waals surface area contributed by atoms with Gasteiger partial charge in [0.15, 0.2) is 6.29 Å². The van der Waals surface area contributed by atoms with E-state index in [0.29, 0.717) is 28.3 Å². The average Bonchev–Trinajstić information content (AvgIpc) is 2.83. The summed E-state index contributed by atoms with van der Waals surface area (Å²) in [6.45, 7) is 1.41. The molecule has 1 aliphatic heterocycles. The highest BCUT2D eigenvalue weighted by atomic mass is 32.1. The Morgan fingerprint density at radius 3 is 2.94 bits per heavy atom. The molecule has 18 heavy (non-hydrogen) atoms. The van der Waals surface area contributed by atoms with E-state index in [4.69, 9.17) is 4.74 Å². The van der Waals surface area contributed by atoms with Gasteiger partial charge in [-0.3, -0.25) is 9.59 Å². The normalized spacial score (nSPS) is 17.1. The van der Waals surface area contributed by atoms with Crippen LogP contribution in [-0.2, 0) is 4.74 Å². The molecule has 2 aromatic rings. The summed E-state index contributed by atoms with van der Waals surface area (Å²) < 4.78 is 5.30. The van der Waals surface area contributed by atoms with E-state index in [2.05, 4.69) is 9.97 Å². The van der Waals surface area contributed by atoms with E-state index in [9.17, 15) is 9.59 Å². The molecule has 0 aliphatic carbocycles. The number of hydrogen-bond acceptors (Lipinski definition) is 5. The molecule has 0 spiro atoms. The first-order valence-corrected chi connectivity index (χ1v) is 6.66. The molecule has 1 aliphatic rings. The smallest absolute Gasteiger partial charge is 0.259 e. The van der Waals surface area contributed by atoms with Gasteiger partial charge in [0.2, 0.25) is 0 Å². The molecule has 94 valence electrons. The van der Waals surface area contributed by atoms with E-state index in [1.165, 1.54) is 11.3 Å². The standard InChI is InChI=1S/C12H12N2O3S/c15-6-8-5-9-11(16)13-10(14-12(9)18-8)7-1-3-17-4-2-7/h5-7H,1-4H2,(H,13,14,16). The topological polar surface area (TPSA) is 72.0 Å². The maximum Gasteiger partial charge on any atom is 0.259 e. The number of H-pyrrole nitrogens is 1. The Bertz CT molecular complexity index is 640. The summed E-state index contributed by atoms with van der Waals surface area (Å²) in [6.07, 6.45) is 2.50. The van der Waals surface area contributed by atoms with Crippen LogP contribution in [0.15, 0.2) is 10.9 Å². The zero-order chi connectivity index (χ0) is 12.5. The van der Waals surface area contributed by atoms with Gasteiger partial charge in [-0.1, -0.05) is 0 Å². The second-order valence-electron chi connectivity index (χ2n) is 4.32. The van der Waals surface area contributed by atoms with Crippen LogP contribution in [0.5, 0.6) is 0 Å². The number of rotatable bonds is 2. The number of ether oxygens (including phenoxy) is 1. The Balaban J connectivity index is 2.08. The van der Waals surface area contributed by atoms with Crippen LogP contribution in [0, 0.1) is 0 Å². The molecule has 0 atom stereocenters. The summed E-state index contributed by atoms with van der Waals surface area (Å²) in [7, 11) is 0. The lowest BCUT2D eigenvalue weighted by molar-refractivity contribution is 0.0836. The van der Waals surface area contributed by atoms with Gasteiger partial charge in [-0.25, -0.2) is 4.98 Å². The minimum Gasteiger partial charge on any atom is -0.381 e. The number of aromatic nitrogens is 2. The number of carbonyl (C=O) groups excluding carboxylic acids is 1. The number of nitrogens with one attached hydrogen (secondary N) is 1. The van der Waals surface area contributed by atoms with Crippen LogP contribution < -0.4 is 5.56 Å². The number of hydrogen-bond donors (Lipinski definition) is 1. The lowest BCUT2D eigenvalue weighted by Crippen LogP contribution is -2.19. The lowest BCUT2D eigenvalue weighted by atomic mass is 9.99. The molecule has 0 saturated carbocycles. The van der Waals surface area contributed by atoms with Crippen LogP contribution in [0.1, 0.15) is 34.3 Å². The fraction of sp³-hybridized carbons (Fsp3) is 0.417. The van der Waals surface area contributed by atoms with E-state index >= 15 is 0 Å². The molecule has 3 heterocycles. The van der Waals surface area contributed by atoms with Crippen molar-refractivity contribution in [2.75, 3.05) is 13.2 Å². The molecular formula is C12H12N2O3S. The predicted molar refractivity (Wildman–Crippen MR) is 68.4 cm³/mol. The van der Waals surface area contributed by atoms with Gasteiger partial charge in [0.25, 0.3) is 5.56 Å². The first-order valence-electron chi connectivity index (χ1n) is 5.84. The SMILES string of the molecule is O=Cc1cc2c(=O)[nH]c(C3CCOCC3)nc2s1.